The lowest BCUT2D eigenvalue weighted by molar-refractivity contribution is -0.141. The average molecular weight is 263 g/mol. The molecule has 0 spiro atoms. The van der Waals surface area contributed by atoms with Crippen LogP contribution < -0.4 is 11.1 Å². The van der Waals surface area contributed by atoms with Crippen LogP contribution in [0.5, 0.6) is 0 Å². The number of pyridine rings is 1. The van der Waals surface area contributed by atoms with Crippen LogP contribution in [0.2, 0.25) is 0 Å². The predicted molar refractivity (Wildman–Crippen MR) is 69.9 cm³/mol. The number of hydrogen-bond donors (Lipinski definition) is 3. The molecule has 0 bridgehead atoms. The molecule has 19 heavy (non-hydrogen) atoms. The van der Waals surface area contributed by atoms with Gasteiger partial charge < -0.3 is 16.2 Å². The molecule has 6 heteroatoms. The van der Waals surface area contributed by atoms with E-state index >= 15 is 0 Å². The number of nitrogens with zero attached hydrogens (tertiary/aromatic N) is 1. The highest BCUT2D eigenvalue weighted by Crippen LogP contribution is 2.28. The predicted octanol–water partition coefficient (Wildman–Crippen LogP) is 1.15. The zero-order valence-corrected chi connectivity index (χ0v) is 10.7. The number of carbonyl (C=O) groups excluding carboxylic acids is 1. The fraction of sp³-hybridized carbons (Fsp3) is 0.462. The normalized spacial score (nSPS) is 22.2. The minimum Gasteiger partial charge on any atom is -0.481 e. The zero-order chi connectivity index (χ0) is 14.0. The Morgan fingerprint density at radius 1 is 1.42 bits per heavy atom. The van der Waals surface area contributed by atoms with E-state index in [1.807, 2.05) is 6.92 Å². The second kappa shape index (κ2) is 5.26. The van der Waals surface area contributed by atoms with E-state index in [9.17, 15) is 9.59 Å². The van der Waals surface area contributed by atoms with Gasteiger partial charge in [-0.2, -0.15) is 0 Å². The summed E-state index contributed by atoms with van der Waals surface area (Å²) in [4.78, 5) is 26.5. The summed E-state index contributed by atoms with van der Waals surface area (Å²) in [6.45, 7) is 1.82. The summed E-state index contributed by atoms with van der Waals surface area (Å²) in [7, 11) is 0. The van der Waals surface area contributed by atoms with Gasteiger partial charge in [0, 0.05) is 11.7 Å². The molecular weight excluding hydrogens is 246 g/mol. The van der Waals surface area contributed by atoms with Crippen molar-refractivity contribution in [2.45, 2.75) is 32.2 Å². The topological polar surface area (TPSA) is 105 Å². The Morgan fingerprint density at radius 3 is 2.74 bits per heavy atom. The van der Waals surface area contributed by atoms with Crippen molar-refractivity contribution in [3.05, 3.63) is 23.4 Å². The Morgan fingerprint density at radius 2 is 2.16 bits per heavy atom. The fourth-order valence-electron chi connectivity index (χ4n) is 2.40. The van der Waals surface area contributed by atoms with E-state index in [1.165, 1.54) is 0 Å². The van der Waals surface area contributed by atoms with Gasteiger partial charge in [-0.1, -0.05) is 0 Å². The van der Waals surface area contributed by atoms with Gasteiger partial charge in [-0.05, 0) is 38.3 Å². The standard InChI is InChI=1S/C13H17N3O3/c1-7-2-5-10(11(14)17)12(15-7)16-9-4-3-8(6-9)13(18)19/h2,5,8-9H,3-4,6H2,1H3,(H2,14,17)(H,15,16)(H,18,19). The number of aliphatic carboxylic acids is 1. The second-order valence-corrected chi connectivity index (χ2v) is 4.90. The minimum atomic E-state index is -0.767. The van der Waals surface area contributed by atoms with Crippen molar-refractivity contribution < 1.29 is 14.7 Å². The molecule has 1 saturated carbocycles. The van der Waals surface area contributed by atoms with Crippen LogP contribution in [0.1, 0.15) is 35.3 Å². The van der Waals surface area contributed by atoms with E-state index in [1.54, 1.807) is 12.1 Å². The summed E-state index contributed by atoms with van der Waals surface area (Å²) in [6, 6.07) is 3.38. The van der Waals surface area contributed by atoms with Gasteiger partial charge in [0.25, 0.3) is 5.91 Å². The van der Waals surface area contributed by atoms with Crippen molar-refractivity contribution in [2.24, 2.45) is 11.7 Å². The van der Waals surface area contributed by atoms with E-state index in [2.05, 4.69) is 10.3 Å². The van der Waals surface area contributed by atoms with Crippen LogP contribution in [0.4, 0.5) is 5.82 Å². The van der Waals surface area contributed by atoms with Crippen LogP contribution in [-0.4, -0.2) is 28.0 Å². The van der Waals surface area contributed by atoms with Crippen LogP contribution >= 0.6 is 0 Å². The Hall–Kier alpha value is -2.11. The summed E-state index contributed by atoms with van der Waals surface area (Å²) in [5.41, 5.74) is 6.42. The SMILES string of the molecule is Cc1ccc(C(N)=O)c(NC2CCC(C(=O)O)C2)n1. The molecule has 1 heterocycles. The average Bonchev–Trinajstić information content (AvgIpc) is 2.77. The number of nitrogens with one attached hydrogen (secondary N) is 1. The summed E-state index contributed by atoms with van der Waals surface area (Å²) >= 11 is 0. The van der Waals surface area contributed by atoms with E-state index < -0.39 is 11.9 Å². The molecule has 1 aromatic rings. The monoisotopic (exact) mass is 263 g/mol. The number of carbonyl (C=O) groups is 2. The summed E-state index contributed by atoms with van der Waals surface area (Å²) < 4.78 is 0. The van der Waals surface area contributed by atoms with Crippen molar-refractivity contribution in [1.82, 2.24) is 4.98 Å². The third-order valence-corrected chi connectivity index (χ3v) is 3.42. The molecule has 4 N–H and O–H groups in total. The summed E-state index contributed by atoms with van der Waals surface area (Å²) in [5, 5.41) is 12.1. The number of nitrogens with two attached hydrogens (primary N) is 1. The number of rotatable bonds is 4. The lowest BCUT2D eigenvalue weighted by atomic mass is 10.1. The first-order valence-corrected chi connectivity index (χ1v) is 6.24. The van der Waals surface area contributed by atoms with Gasteiger partial charge in [-0.3, -0.25) is 9.59 Å². The molecule has 0 aromatic carbocycles. The van der Waals surface area contributed by atoms with Crippen LogP contribution in [0.3, 0.4) is 0 Å². The molecule has 0 saturated heterocycles. The quantitative estimate of drug-likeness (QED) is 0.755. The molecule has 6 nitrogen and oxygen atoms in total. The molecule has 0 aliphatic heterocycles. The zero-order valence-electron chi connectivity index (χ0n) is 10.7. The van der Waals surface area contributed by atoms with Gasteiger partial charge in [0.05, 0.1) is 11.5 Å². The number of anilines is 1. The summed E-state index contributed by atoms with van der Waals surface area (Å²) in [5.74, 6) is -1.18. The Kier molecular flexibility index (Phi) is 3.69. The Bertz CT molecular complexity index is 516. The largest absolute Gasteiger partial charge is 0.481 e. The smallest absolute Gasteiger partial charge is 0.306 e. The highest BCUT2D eigenvalue weighted by atomic mass is 16.4. The number of aryl methyl sites for hydroxylation is 1. The Labute approximate surface area is 111 Å². The third-order valence-electron chi connectivity index (χ3n) is 3.42. The van der Waals surface area contributed by atoms with E-state index in [4.69, 9.17) is 10.8 Å². The first kappa shape index (κ1) is 13.3. The van der Waals surface area contributed by atoms with Crippen LogP contribution in [0.25, 0.3) is 0 Å². The van der Waals surface area contributed by atoms with Gasteiger partial charge in [0.2, 0.25) is 0 Å². The van der Waals surface area contributed by atoms with E-state index in [0.29, 0.717) is 24.2 Å². The fourth-order valence-corrected chi connectivity index (χ4v) is 2.40. The molecule has 1 aliphatic carbocycles. The second-order valence-electron chi connectivity index (χ2n) is 4.90. The van der Waals surface area contributed by atoms with Crippen LogP contribution in [0.15, 0.2) is 12.1 Å². The maximum atomic E-state index is 11.3. The first-order chi connectivity index (χ1) is 8.97. The Balaban J connectivity index is 2.13. The van der Waals surface area contributed by atoms with E-state index in [-0.39, 0.29) is 12.0 Å². The van der Waals surface area contributed by atoms with Crippen LogP contribution in [0, 0.1) is 12.8 Å². The number of aromatic nitrogens is 1. The maximum absolute atomic E-state index is 11.3. The maximum Gasteiger partial charge on any atom is 0.306 e. The highest BCUT2D eigenvalue weighted by Gasteiger charge is 2.30. The van der Waals surface area contributed by atoms with E-state index in [0.717, 1.165) is 12.1 Å². The molecule has 1 aromatic heterocycles. The minimum absolute atomic E-state index is 0.0218. The molecule has 1 aliphatic rings. The molecule has 2 rings (SSSR count). The number of carboxylic acid groups (broad SMARTS) is 1. The van der Waals surface area contributed by atoms with Crippen molar-refractivity contribution in [2.75, 3.05) is 5.32 Å². The lowest BCUT2D eigenvalue weighted by Gasteiger charge is -2.15. The third kappa shape index (κ3) is 3.01. The van der Waals surface area contributed by atoms with Gasteiger partial charge in [-0.25, -0.2) is 4.98 Å². The lowest BCUT2D eigenvalue weighted by Crippen LogP contribution is -2.22. The van der Waals surface area contributed by atoms with Crippen LogP contribution in [-0.2, 0) is 4.79 Å². The number of hydrogen-bond acceptors (Lipinski definition) is 4. The number of amides is 1. The molecule has 102 valence electrons. The highest BCUT2D eigenvalue weighted by molar-refractivity contribution is 5.97. The van der Waals surface area contributed by atoms with Gasteiger partial charge in [-0.15, -0.1) is 0 Å². The van der Waals surface area contributed by atoms with Crippen molar-refractivity contribution >= 4 is 17.7 Å². The molecular formula is C13H17N3O3. The molecule has 2 atom stereocenters. The van der Waals surface area contributed by atoms with Gasteiger partial charge in [0.1, 0.15) is 5.82 Å². The van der Waals surface area contributed by atoms with Crippen molar-refractivity contribution in [1.29, 1.82) is 0 Å². The number of primary amides is 1. The molecule has 1 fully saturated rings. The first-order valence-electron chi connectivity index (χ1n) is 6.24. The van der Waals surface area contributed by atoms with Gasteiger partial charge in [0.15, 0.2) is 0 Å². The molecule has 1 amide bonds. The number of carboxylic acids is 1. The van der Waals surface area contributed by atoms with Crippen molar-refractivity contribution in [3.8, 4) is 0 Å². The van der Waals surface area contributed by atoms with Gasteiger partial charge >= 0.3 is 5.97 Å². The molecule has 0 radical (unpaired) electrons. The van der Waals surface area contributed by atoms with Crippen molar-refractivity contribution in [3.63, 3.8) is 0 Å². The summed E-state index contributed by atoms with van der Waals surface area (Å²) in [6.07, 6.45) is 1.94. The molecule has 2 unspecified atom stereocenters.